The van der Waals surface area contributed by atoms with Crippen molar-refractivity contribution in [2.45, 2.75) is 24.7 Å². The molecule has 0 radical (unpaired) electrons. The van der Waals surface area contributed by atoms with Gasteiger partial charge in [-0.25, -0.2) is 0 Å². The molecule has 6 heteroatoms. The fraction of sp³-hybridized carbons (Fsp3) is 0.500. The van der Waals surface area contributed by atoms with E-state index in [1.807, 2.05) is 6.92 Å². The van der Waals surface area contributed by atoms with Gasteiger partial charge >= 0.3 is 0 Å². The molecule has 3 rings (SSSR count). The van der Waals surface area contributed by atoms with Crippen molar-refractivity contribution in [3.63, 3.8) is 0 Å². The van der Waals surface area contributed by atoms with Gasteiger partial charge in [0.1, 0.15) is 18.0 Å². The third kappa shape index (κ3) is 1.57. The van der Waals surface area contributed by atoms with Crippen LogP contribution in [0.25, 0.3) is 0 Å². The molecule has 96 valence electrons. The molecule has 2 aliphatic rings. The first-order valence-corrected chi connectivity index (χ1v) is 5.67. The number of nitro groups is 1. The average molecular weight is 251 g/mol. The lowest BCUT2D eigenvalue weighted by atomic mass is 9.93. The zero-order valence-corrected chi connectivity index (χ0v) is 10.1. The van der Waals surface area contributed by atoms with Gasteiger partial charge < -0.3 is 14.2 Å². The minimum atomic E-state index is -0.525. The molecule has 18 heavy (non-hydrogen) atoms. The lowest BCUT2D eigenvalue weighted by molar-refractivity contribution is -0.385. The molecule has 0 bridgehead atoms. The molecule has 3 atom stereocenters. The minimum absolute atomic E-state index is 0.0574. The fourth-order valence-electron chi connectivity index (χ4n) is 2.49. The second-order valence-electron chi connectivity index (χ2n) is 4.80. The maximum atomic E-state index is 10.7. The van der Waals surface area contributed by atoms with Crippen molar-refractivity contribution in [3.8, 4) is 5.75 Å². The van der Waals surface area contributed by atoms with E-state index >= 15 is 0 Å². The summed E-state index contributed by atoms with van der Waals surface area (Å²) < 4.78 is 16.6. The summed E-state index contributed by atoms with van der Waals surface area (Å²) in [4.78, 5) is 10.3. The zero-order valence-electron chi connectivity index (χ0n) is 10.1. The van der Waals surface area contributed by atoms with E-state index < -0.39 is 10.5 Å². The fourth-order valence-corrected chi connectivity index (χ4v) is 2.49. The van der Waals surface area contributed by atoms with Gasteiger partial charge in [-0.2, -0.15) is 0 Å². The van der Waals surface area contributed by atoms with Crippen LogP contribution in [-0.2, 0) is 9.47 Å². The summed E-state index contributed by atoms with van der Waals surface area (Å²) in [6.45, 7) is 2.34. The van der Waals surface area contributed by atoms with Crippen molar-refractivity contribution in [1.82, 2.24) is 0 Å². The highest BCUT2D eigenvalue weighted by Crippen LogP contribution is 2.54. The maximum Gasteiger partial charge on any atom is 0.270 e. The third-order valence-electron chi connectivity index (χ3n) is 3.38. The summed E-state index contributed by atoms with van der Waals surface area (Å²) >= 11 is 0. The van der Waals surface area contributed by atoms with Crippen molar-refractivity contribution in [2.24, 2.45) is 0 Å². The monoisotopic (exact) mass is 251 g/mol. The number of non-ortho nitro benzene ring substituents is 1. The van der Waals surface area contributed by atoms with E-state index in [9.17, 15) is 10.1 Å². The number of nitro benzene ring substituents is 1. The number of fused-ring (bicyclic) bond motifs is 3. The topological polar surface area (TPSA) is 74.1 Å². The largest absolute Gasteiger partial charge is 0.482 e. The summed E-state index contributed by atoms with van der Waals surface area (Å²) in [6, 6.07) is 4.58. The Morgan fingerprint density at radius 3 is 3.00 bits per heavy atom. The van der Waals surface area contributed by atoms with Crippen LogP contribution in [0.4, 0.5) is 5.69 Å². The van der Waals surface area contributed by atoms with E-state index in [1.54, 1.807) is 13.2 Å². The molecule has 2 heterocycles. The Kier molecular flexibility index (Phi) is 2.33. The highest BCUT2D eigenvalue weighted by atomic mass is 16.6. The standard InChI is InChI=1S/C12H13NO5/c1-12(6-16-2)11-10(17-11)8-5-7(13(14)15)3-4-9(8)18-12/h3-5,10-11H,6H2,1-2H3/t10-,11-,12-/m0/s1. The first kappa shape index (κ1) is 11.4. The van der Waals surface area contributed by atoms with Crippen molar-refractivity contribution in [3.05, 3.63) is 33.9 Å². The first-order valence-electron chi connectivity index (χ1n) is 5.67. The summed E-state index contributed by atoms with van der Waals surface area (Å²) in [5, 5.41) is 10.7. The predicted molar refractivity (Wildman–Crippen MR) is 61.6 cm³/mol. The van der Waals surface area contributed by atoms with Gasteiger partial charge in [-0.1, -0.05) is 0 Å². The SMILES string of the molecule is COC[C@]1(C)Oc2ccc([N+](=O)[O-])cc2[C@@H]2O[C@@H]21. The molecule has 0 amide bonds. The van der Waals surface area contributed by atoms with E-state index in [2.05, 4.69) is 0 Å². The van der Waals surface area contributed by atoms with Gasteiger partial charge in [-0.15, -0.1) is 0 Å². The molecular weight excluding hydrogens is 238 g/mol. The molecule has 0 N–H and O–H groups in total. The number of nitrogens with zero attached hydrogens (tertiary/aromatic N) is 1. The molecular formula is C12H13NO5. The normalized spacial score (nSPS) is 32.1. The van der Waals surface area contributed by atoms with Crippen molar-refractivity contribution in [1.29, 1.82) is 0 Å². The van der Waals surface area contributed by atoms with Gasteiger partial charge in [0.2, 0.25) is 0 Å². The van der Waals surface area contributed by atoms with Gasteiger partial charge in [0.25, 0.3) is 5.69 Å². The number of rotatable bonds is 3. The molecule has 2 aliphatic heterocycles. The van der Waals surface area contributed by atoms with Crippen molar-refractivity contribution < 1.29 is 19.1 Å². The second kappa shape index (κ2) is 3.66. The molecule has 0 spiro atoms. The van der Waals surface area contributed by atoms with Gasteiger partial charge in [0, 0.05) is 24.8 Å². The molecule has 1 saturated heterocycles. The Balaban J connectivity index is 1.97. The zero-order chi connectivity index (χ0) is 12.9. The summed E-state index contributed by atoms with van der Waals surface area (Å²) in [6.07, 6.45) is -0.208. The molecule has 1 fully saturated rings. The molecule has 6 nitrogen and oxygen atoms in total. The predicted octanol–water partition coefficient (Wildman–Crippen LogP) is 1.83. The highest BCUT2D eigenvalue weighted by molar-refractivity contribution is 5.49. The highest BCUT2D eigenvalue weighted by Gasteiger charge is 2.59. The van der Waals surface area contributed by atoms with E-state index in [0.717, 1.165) is 5.56 Å². The van der Waals surface area contributed by atoms with Crippen molar-refractivity contribution in [2.75, 3.05) is 13.7 Å². The summed E-state index contributed by atoms with van der Waals surface area (Å²) in [5.41, 5.74) is 0.285. The van der Waals surface area contributed by atoms with E-state index in [1.165, 1.54) is 12.1 Å². The van der Waals surface area contributed by atoms with Gasteiger partial charge in [0.15, 0.2) is 5.60 Å². The molecule has 0 aromatic heterocycles. The molecule has 0 aliphatic carbocycles. The van der Waals surface area contributed by atoms with Crippen LogP contribution < -0.4 is 4.74 Å². The van der Waals surface area contributed by atoms with Gasteiger partial charge in [-0.3, -0.25) is 10.1 Å². The van der Waals surface area contributed by atoms with Crippen LogP contribution >= 0.6 is 0 Å². The number of methoxy groups -OCH3 is 1. The van der Waals surface area contributed by atoms with Crippen LogP contribution in [0.15, 0.2) is 18.2 Å². The molecule has 1 aromatic carbocycles. The molecule has 0 saturated carbocycles. The Morgan fingerprint density at radius 2 is 2.33 bits per heavy atom. The van der Waals surface area contributed by atoms with Crippen LogP contribution in [0.3, 0.4) is 0 Å². The van der Waals surface area contributed by atoms with Crippen molar-refractivity contribution >= 4 is 5.69 Å². The van der Waals surface area contributed by atoms with Gasteiger partial charge in [0.05, 0.1) is 11.5 Å². The molecule has 1 aromatic rings. The van der Waals surface area contributed by atoms with E-state index in [0.29, 0.717) is 12.4 Å². The van der Waals surface area contributed by atoms with Crippen LogP contribution in [0.5, 0.6) is 5.75 Å². The van der Waals surface area contributed by atoms with Crippen LogP contribution in [0.2, 0.25) is 0 Å². The lowest BCUT2D eigenvalue weighted by Crippen LogP contribution is -2.45. The summed E-state index contributed by atoms with van der Waals surface area (Å²) in [7, 11) is 1.61. The van der Waals surface area contributed by atoms with Crippen LogP contribution in [0, 0.1) is 10.1 Å². The number of hydrogen-bond acceptors (Lipinski definition) is 5. The number of epoxide rings is 1. The van der Waals surface area contributed by atoms with E-state index in [4.69, 9.17) is 14.2 Å². The average Bonchev–Trinajstić information content (AvgIpc) is 3.10. The lowest BCUT2D eigenvalue weighted by Gasteiger charge is -2.32. The van der Waals surface area contributed by atoms with Gasteiger partial charge in [-0.05, 0) is 13.0 Å². The third-order valence-corrected chi connectivity index (χ3v) is 3.38. The smallest absolute Gasteiger partial charge is 0.270 e. The Labute approximate surface area is 104 Å². The number of ether oxygens (including phenoxy) is 3. The Bertz CT molecular complexity index is 517. The Hall–Kier alpha value is -1.66. The maximum absolute atomic E-state index is 10.7. The summed E-state index contributed by atoms with van der Waals surface area (Å²) in [5.74, 6) is 0.638. The number of hydrogen-bond donors (Lipinski definition) is 0. The van der Waals surface area contributed by atoms with E-state index in [-0.39, 0.29) is 17.9 Å². The molecule has 0 unspecified atom stereocenters. The first-order chi connectivity index (χ1) is 8.55. The number of benzene rings is 1. The quantitative estimate of drug-likeness (QED) is 0.465. The van der Waals surface area contributed by atoms with Crippen LogP contribution in [-0.4, -0.2) is 30.3 Å². The Morgan fingerprint density at radius 1 is 1.56 bits per heavy atom. The minimum Gasteiger partial charge on any atom is -0.482 e. The second-order valence-corrected chi connectivity index (χ2v) is 4.80. The van der Waals surface area contributed by atoms with Crippen LogP contribution in [0.1, 0.15) is 18.6 Å².